The fourth-order valence-electron chi connectivity index (χ4n) is 6.50. The monoisotopic (exact) mass is 666 g/mol. The molecule has 0 bridgehead atoms. The predicted octanol–water partition coefficient (Wildman–Crippen LogP) is 4.42. The lowest BCUT2D eigenvalue weighted by Crippen LogP contribution is -2.47. The van der Waals surface area contributed by atoms with Crippen LogP contribution in [0, 0.1) is 11.8 Å². The first-order valence-corrected chi connectivity index (χ1v) is 15.3. The lowest BCUT2D eigenvalue weighted by atomic mass is 9.72. The number of rotatable bonds is 5. The van der Waals surface area contributed by atoms with Gasteiger partial charge in [0, 0.05) is 40.6 Å². The Balaban J connectivity index is 1.31. The van der Waals surface area contributed by atoms with Crippen molar-refractivity contribution in [2.45, 2.75) is 50.5 Å². The zero-order chi connectivity index (χ0) is 27.0. The highest BCUT2D eigenvalue weighted by atomic mass is 79.9. The molecule has 1 aliphatic carbocycles. The van der Waals surface area contributed by atoms with Gasteiger partial charge in [-0.15, -0.1) is 0 Å². The maximum atomic E-state index is 13.2. The van der Waals surface area contributed by atoms with Gasteiger partial charge in [-0.25, -0.2) is 0 Å². The van der Waals surface area contributed by atoms with Gasteiger partial charge in [0.25, 0.3) is 0 Å². The van der Waals surface area contributed by atoms with Crippen LogP contribution in [0.1, 0.15) is 54.5 Å². The zero-order valence-electron chi connectivity index (χ0n) is 21.3. The number of hydrogen-bond donors (Lipinski definition) is 2. The van der Waals surface area contributed by atoms with Crippen molar-refractivity contribution in [3.8, 4) is 0 Å². The molecular formula is C28H33Br2ClN4O3. The summed E-state index contributed by atoms with van der Waals surface area (Å²) < 4.78 is 1.72. The van der Waals surface area contributed by atoms with Crippen LogP contribution in [0.15, 0.2) is 33.3 Å². The van der Waals surface area contributed by atoms with Crippen LogP contribution in [0.2, 0.25) is 5.02 Å². The third-order valence-corrected chi connectivity index (χ3v) is 10.4. The molecule has 2 aromatic rings. The molecule has 2 fully saturated rings. The van der Waals surface area contributed by atoms with E-state index in [1.165, 1.54) is 0 Å². The Morgan fingerprint density at radius 2 is 1.82 bits per heavy atom. The number of hydrogen-bond acceptors (Lipinski definition) is 5. The largest absolute Gasteiger partial charge is 0.378 e. The molecule has 0 spiro atoms. The van der Waals surface area contributed by atoms with Crippen molar-refractivity contribution in [2.24, 2.45) is 17.6 Å². The molecule has 1 aromatic carbocycles. The van der Waals surface area contributed by atoms with E-state index in [9.17, 15) is 14.7 Å². The molecule has 10 heteroatoms. The number of nitrogens with zero attached hydrogens (tertiary/aromatic N) is 3. The Morgan fingerprint density at radius 1 is 1.11 bits per heavy atom. The molecule has 3 aliphatic rings. The van der Waals surface area contributed by atoms with E-state index in [1.54, 1.807) is 6.20 Å². The molecule has 7 nitrogen and oxygen atoms in total. The number of likely N-dealkylation sites (tertiary alicyclic amines) is 2. The standard InChI is InChI=1S/C28H33Br2ClN4O3/c29-20-14-18-1-2-21-22(3-4-23(31)26(21)30)28(38,27(18)33-15-20)19-7-11-35(12-8-19)25(37)13-17-5-9-34(10-6-17)16-24(32)36/h3-4,14-15,17,19,38H,1-2,5-13,16H2,(H2,32,36). The Morgan fingerprint density at radius 3 is 2.50 bits per heavy atom. The number of halogens is 3. The van der Waals surface area contributed by atoms with Crippen LogP contribution in [0.3, 0.4) is 0 Å². The minimum atomic E-state index is -1.27. The summed E-state index contributed by atoms with van der Waals surface area (Å²) in [6.45, 7) is 3.12. The van der Waals surface area contributed by atoms with E-state index >= 15 is 0 Å². The molecule has 3 N–H and O–H groups in total. The highest BCUT2D eigenvalue weighted by Crippen LogP contribution is 2.48. The second-order valence-electron chi connectivity index (χ2n) is 10.9. The number of benzene rings is 1. The van der Waals surface area contributed by atoms with Gasteiger partial charge in [-0.1, -0.05) is 17.7 Å². The van der Waals surface area contributed by atoms with Crippen molar-refractivity contribution in [1.29, 1.82) is 0 Å². The summed E-state index contributed by atoms with van der Waals surface area (Å²) >= 11 is 13.7. The van der Waals surface area contributed by atoms with Crippen molar-refractivity contribution in [3.63, 3.8) is 0 Å². The molecule has 2 aliphatic heterocycles. The van der Waals surface area contributed by atoms with Gasteiger partial charge in [0.15, 0.2) is 0 Å². The summed E-state index contributed by atoms with van der Waals surface area (Å²) in [6.07, 6.45) is 6.99. The number of primary amides is 1. The van der Waals surface area contributed by atoms with Gasteiger partial charge in [0.1, 0.15) is 5.60 Å². The lowest BCUT2D eigenvalue weighted by molar-refractivity contribution is -0.135. The van der Waals surface area contributed by atoms with E-state index in [2.05, 4.69) is 42.8 Å². The van der Waals surface area contributed by atoms with Gasteiger partial charge < -0.3 is 15.7 Å². The number of aryl methyl sites for hydroxylation is 1. The molecule has 1 aromatic heterocycles. The summed E-state index contributed by atoms with van der Waals surface area (Å²) in [6, 6.07) is 5.85. The van der Waals surface area contributed by atoms with Gasteiger partial charge >= 0.3 is 0 Å². The molecule has 3 heterocycles. The summed E-state index contributed by atoms with van der Waals surface area (Å²) in [7, 11) is 0. The van der Waals surface area contributed by atoms with Crippen molar-refractivity contribution in [3.05, 3.63) is 60.7 Å². The first-order valence-electron chi connectivity index (χ1n) is 13.3. The summed E-state index contributed by atoms with van der Waals surface area (Å²) in [5.74, 6) is 0.128. The molecule has 5 rings (SSSR count). The van der Waals surface area contributed by atoms with Crippen LogP contribution in [-0.2, 0) is 28.0 Å². The fraction of sp³-hybridized carbons (Fsp3) is 0.536. The number of aliphatic hydroxyl groups is 1. The SMILES string of the molecule is NC(=O)CN1CCC(CC(=O)N2CCC(C3(O)c4ccc(Cl)c(Br)c4CCc4cc(Br)cnc43)CC2)CC1. The van der Waals surface area contributed by atoms with Crippen LogP contribution >= 0.6 is 43.5 Å². The Bertz CT molecular complexity index is 1230. The minimum Gasteiger partial charge on any atom is -0.378 e. The second kappa shape index (κ2) is 11.5. The molecule has 2 amide bonds. The second-order valence-corrected chi connectivity index (χ2v) is 13.0. The normalized spacial score (nSPS) is 23.0. The Kier molecular flexibility index (Phi) is 8.50. The van der Waals surface area contributed by atoms with E-state index in [1.807, 2.05) is 17.0 Å². The summed E-state index contributed by atoms with van der Waals surface area (Å²) in [5, 5.41) is 13.2. The highest BCUT2D eigenvalue weighted by Gasteiger charge is 2.47. The number of carbonyl (C=O) groups is 2. The van der Waals surface area contributed by atoms with Crippen LogP contribution < -0.4 is 5.73 Å². The number of piperidine rings is 2. The number of pyridine rings is 1. The zero-order valence-corrected chi connectivity index (χ0v) is 25.2. The van der Waals surface area contributed by atoms with Gasteiger partial charge in [-0.3, -0.25) is 19.5 Å². The van der Waals surface area contributed by atoms with E-state index in [0.29, 0.717) is 49.0 Å². The molecule has 38 heavy (non-hydrogen) atoms. The van der Waals surface area contributed by atoms with Crippen molar-refractivity contribution < 1.29 is 14.7 Å². The van der Waals surface area contributed by atoms with E-state index < -0.39 is 5.60 Å². The van der Waals surface area contributed by atoms with Gasteiger partial charge in [-0.05, 0) is 118 Å². The number of aromatic nitrogens is 1. The first-order chi connectivity index (χ1) is 18.2. The Labute approximate surface area is 245 Å². The van der Waals surface area contributed by atoms with E-state index in [-0.39, 0.29) is 24.3 Å². The van der Waals surface area contributed by atoms with Gasteiger partial charge in [-0.2, -0.15) is 0 Å². The molecule has 0 saturated carbocycles. The first kappa shape index (κ1) is 28.0. The number of amides is 2. The third-order valence-electron chi connectivity index (χ3n) is 8.53. The third kappa shape index (κ3) is 5.55. The quantitative estimate of drug-likeness (QED) is 0.492. The summed E-state index contributed by atoms with van der Waals surface area (Å²) in [5.41, 5.74) is 7.67. The topological polar surface area (TPSA) is 99.8 Å². The molecule has 204 valence electrons. The van der Waals surface area contributed by atoms with E-state index in [0.717, 1.165) is 64.4 Å². The van der Waals surface area contributed by atoms with Gasteiger partial charge in [0.05, 0.1) is 17.3 Å². The number of fused-ring (bicyclic) bond motifs is 2. The number of carbonyl (C=O) groups excluding carboxylic acids is 2. The maximum absolute atomic E-state index is 13.2. The van der Waals surface area contributed by atoms with Crippen LogP contribution in [0.5, 0.6) is 0 Å². The Hall–Kier alpha value is -1.52. The molecule has 1 atom stereocenters. The predicted molar refractivity (Wildman–Crippen MR) is 154 cm³/mol. The van der Waals surface area contributed by atoms with E-state index in [4.69, 9.17) is 22.3 Å². The average molecular weight is 669 g/mol. The summed E-state index contributed by atoms with van der Waals surface area (Å²) in [4.78, 5) is 33.2. The van der Waals surface area contributed by atoms with Gasteiger partial charge in [0.2, 0.25) is 11.8 Å². The lowest BCUT2D eigenvalue weighted by Gasteiger charge is -2.42. The molecule has 1 unspecified atom stereocenters. The van der Waals surface area contributed by atoms with Crippen LogP contribution in [0.25, 0.3) is 0 Å². The highest BCUT2D eigenvalue weighted by molar-refractivity contribution is 9.10. The minimum absolute atomic E-state index is 0.0825. The van der Waals surface area contributed by atoms with Crippen molar-refractivity contribution >= 4 is 55.3 Å². The molecule has 0 radical (unpaired) electrons. The van der Waals surface area contributed by atoms with Crippen molar-refractivity contribution in [1.82, 2.24) is 14.8 Å². The van der Waals surface area contributed by atoms with Crippen LogP contribution in [0.4, 0.5) is 0 Å². The van der Waals surface area contributed by atoms with Crippen molar-refractivity contribution in [2.75, 3.05) is 32.7 Å². The average Bonchev–Trinajstić information content (AvgIpc) is 3.02. The molecular weight excluding hydrogens is 636 g/mol. The van der Waals surface area contributed by atoms with Crippen LogP contribution in [-0.4, -0.2) is 64.4 Å². The fourth-order valence-corrected chi connectivity index (χ4v) is 7.60. The molecule has 2 saturated heterocycles. The number of nitrogens with two attached hydrogens (primary N) is 1. The maximum Gasteiger partial charge on any atom is 0.231 e. The smallest absolute Gasteiger partial charge is 0.231 e.